The molecule has 0 aliphatic carbocycles. The summed E-state index contributed by atoms with van der Waals surface area (Å²) in [6.45, 7) is 1.99. The molecule has 0 aliphatic heterocycles. The Morgan fingerprint density at radius 1 is 0.850 bits per heavy atom. The van der Waals surface area contributed by atoms with Crippen LogP contribution in [0.5, 0.6) is 11.5 Å². The highest BCUT2D eigenvalue weighted by Gasteiger charge is 2.10. The first-order valence-electron chi connectivity index (χ1n) is 6.63. The molecular formula is C18H16O2. The highest BCUT2D eigenvalue weighted by atomic mass is 16.3. The van der Waals surface area contributed by atoms with Crippen LogP contribution >= 0.6 is 0 Å². The van der Waals surface area contributed by atoms with Gasteiger partial charge >= 0.3 is 0 Å². The van der Waals surface area contributed by atoms with Crippen molar-refractivity contribution >= 4 is 10.8 Å². The maximum absolute atomic E-state index is 10.1. The zero-order valence-electron chi connectivity index (χ0n) is 11.3. The van der Waals surface area contributed by atoms with Crippen molar-refractivity contribution in [2.75, 3.05) is 0 Å². The third kappa shape index (κ3) is 2.21. The zero-order chi connectivity index (χ0) is 14.1. The van der Waals surface area contributed by atoms with Crippen LogP contribution in [0.2, 0.25) is 0 Å². The van der Waals surface area contributed by atoms with Gasteiger partial charge in [0, 0.05) is 12.0 Å². The highest BCUT2D eigenvalue weighted by molar-refractivity contribution is 5.88. The summed E-state index contributed by atoms with van der Waals surface area (Å²) in [5.74, 6) is 0.535. The average Bonchev–Trinajstić information content (AvgIpc) is 2.46. The summed E-state index contributed by atoms with van der Waals surface area (Å²) in [6.07, 6.45) is 0.515. The quantitative estimate of drug-likeness (QED) is 0.730. The second-order valence-corrected chi connectivity index (χ2v) is 5.09. The Bertz CT molecular complexity index is 775. The van der Waals surface area contributed by atoms with Gasteiger partial charge in [-0.1, -0.05) is 48.0 Å². The van der Waals surface area contributed by atoms with Gasteiger partial charge in [-0.15, -0.1) is 0 Å². The number of fused-ring (bicyclic) bond motifs is 1. The number of hydrogen-bond donors (Lipinski definition) is 2. The maximum atomic E-state index is 10.1. The largest absolute Gasteiger partial charge is 0.508 e. The second kappa shape index (κ2) is 4.89. The van der Waals surface area contributed by atoms with Crippen molar-refractivity contribution in [3.63, 3.8) is 0 Å². The average molecular weight is 264 g/mol. The molecule has 2 N–H and O–H groups in total. The first kappa shape index (κ1) is 12.5. The molecule has 0 atom stereocenters. The molecule has 100 valence electrons. The molecule has 3 aromatic rings. The number of aryl methyl sites for hydroxylation is 1. The fourth-order valence-corrected chi connectivity index (χ4v) is 2.56. The van der Waals surface area contributed by atoms with Crippen LogP contribution in [0.1, 0.15) is 16.7 Å². The van der Waals surface area contributed by atoms with Gasteiger partial charge in [0.25, 0.3) is 0 Å². The van der Waals surface area contributed by atoms with E-state index in [2.05, 4.69) is 0 Å². The predicted molar refractivity (Wildman–Crippen MR) is 81.3 cm³/mol. The molecule has 0 aromatic heterocycles. The van der Waals surface area contributed by atoms with Crippen molar-refractivity contribution in [1.82, 2.24) is 0 Å². The maximum Gasteiger partial charge on any atom is 0.119 e. The Morgan fingerprint density at radius 2 is 1.60 bits per heavy atom. The molecule has 3 rings (SSSR count). The summed E-state index contributed by atoms with van der Waals surface area (Å²) in [7, 11) is 0. The van der Waals surface area contributed by atoms with Gasteiger partial charge in [0.1, 0.15) is 11.5 Å². The summed E-state index contributed by atoms with van der Waals surface area (Å²) in [6, 6.07) is 17.1. The molecule has 0 unspecified atom stereocenters. The lowest BCUT2D eigenvalue weighted by Gasteiger charge is -2.11. The van der Waals surface area contributed by atoms with Gasteiger partial charge in [0.05, 0.1) is 0 Å². The molecule has 0 saturated heterocycles. The summed E-state index contributed by atoms with van der Waals surface area (Å²) in [4.78, 5) is 0. The van der Waals surface area contributed by atoms with Crippen molar-refractivity contribution in [2.45, 2.75) is 13.3 Å². The first-order valence-corrected chi connectivity index (χ1v) is 6.63. The Balaban J connectivity index is 2.15. The van der Waals surface area contributed by atoms with Crippen LogP contribution in [0.15, 0.2) is 54.6 Å². The van der Waals surface area contributed by atoms with Gasteiger partial charge in [-0.3, -0.25) is 0 Å². The predicted octanol–water partition coefficient (Wildman–Crippen LogP) is 4.15. The van der Waals surface area contributed by atoms with Crippen molar-refractivity contribution in [3.05, 3.63) is 71.3 Å². The fourth-order valence-electron chi connectivity index (χ4n) is 2.56. The van der Waals surface area contributed by atoms with E-state index in [0.29, 0.717) is 6.42 Å². The minimum atomic E-state index is 0.267. The smallest absolute Gasteiger partial charge is 0.119 e. The Kier molecular flexibility index (Phi) is 3.07. The lowest BCUT2D eigenvalue weighted by Crippen LogP contribution is -1.92. The van der Waals surface area contributed by atoms with E-state index in [-0.39, 0.29) is 11.5 Å². The van der Waals surface area contributed by atoms with E-state index in [4.69, 9.17) is 0 Å². The van der Waals surface area contributed by atoms with Crippen molar-refractivity contribution < 1.29 is 10.2 Å². The standard InChI is InChI=1S/C18H16O2/c1-12-6-8-17(19)14(10-12)11-16-15-5-3-2-4-13(15)7-9-18(16)20/h2-10,19-20H,11H2,1H3. The molecular weight excluding hydrogens is 248 g/mol. The van der Waals surface area contributed by atoms with E-state index >= 15 is 0 Å². The Labute approximate surface area is 117 Å². The molecule has 0 heterocycles. The molecule has 0 amide bonds. The van der Waals surface area contributed by atoms with E-state index < -0.39 is 0 Å². The monoisotopic (exact) mass is 264 g/mol. The molecule has 2 nitrogen and oxygen atoms in total. The van der Waals surface area contributed by atoms with Gasteiger partial charge in [-0.25, -0.2) is 0 Å². The van der Waals surface area contributed by atoms with E-state index in [1.54, 1.807) is 12.1 Å². The SMILES string of the molecule is Cc1ccc(O)c(Cc2c(O)ccc3ccccc23)c1. The van der Waals surface area contributed by atoms with Crippen LogP contribution in [-0.4, -0.2) is 10.2 Å². The number of phenols is 2. The molecule has 0 radical (unpaired) electrons. The lowest BCUT2D eigenvalue weighted by molar-refractivity contribution is 0.463. The van der Waals surface area contributed by atoms with Gasteiger partial charge in [-0.2, -0.15) is 0 Å². The first-order chi connectivity index (χ1) is 9.65. The summed E-state index contributed by atoms with van der Waals surface area (Å²) < 4.78 is 0. The highest BCUT2D eigenvalue weighted by Crippen LogP contribution is 2.31. The topological polar surface area (TPSA) is 40.5 Å². The summed E-state index contributed by atoms with van der Waals surface area (Å²) >= 11 is 0. The molecule has 3 aromatic carbocycles. The second-order valence-electron chi connectivity index (χ2n) is 5.09. The van der Waals surface area contributed by atoms with Crippen LogP contribution in [-0.2, 0) is 6.42 Å². The summed E-state index contributed by atoms with van der Waals surface area (Å²) in [5.41, 5.74) is 2.78. The minimum Gasteiger partial charge on any atom is -0.508 e. The third-order valence-electron chi connectivity index (χ3n) is 3.62. The van der Waals surface area contributed by atoms with Gasteiger partial charge in [0.15, 0.2) is 0 Å². The van der Waals surface area contributed by atoms with Crippen LogP contribution in [0, 0.1) is 6.92 Å². The van der Waals surface area contributed by atoms with Gasteiger partial charge in [0.2, 0.25) is 0 Å². The fraction of sp³-hybridized carbons (Fsp3) is 0.111. The number of phenolic OH excluding ortho intramolecular Hbond substituents is 2. The number of benzene rings is 3. The molecule has 0 saturated carbocycles. The van der Waals surface area contributed by atoms with E-state index in [9.17, 15) is 10.2 Å². The lowest BCUT2D eigenvalue weighted by atomic mass is 9.96. The minimum absolute atomic E-state index is 0.267. The number of rotatable bonds is 2. The van der Waals surface area contributed by atoms with Crippen LogP contribution in [0.3, 0.4) is 0 Å². The summed E-state index contributed by atoms with van der Waals surface area (Å²) in [5, 5.41) is 22.2. The Morgan fingerprint density at radius 3 is 2.45 bits per heavy atom. The molecule has 0 bridgehead atoms. The van der Waals surface area contributed by atoms with Crippen molar-refractivity contribution in [1.29, 1.82) is 0 Å². The normalized spacial score (nSPS) is 10.8. The Hall–Kier alpha value is -2.48. The molecule has 0 spiro atoms. The molecule has 2 heteroatoms. The van der Waals surface area contributed by atoms with Gasteiger partial charge < -0.3 is 10.2 Å². The van der Waals surface area contributed by atoms with Crippen molar-refractivity contribution in [3.8, 4) is 11.5 Å². The van der Waals surface area contributed by atoms with Crippen LogP contribution in [0.4, 0.5) is 0 Å². The van der Waals surface area contributed by atoms with Crippen molar-refractivity contribution in [2.24, 2.45) is 0 Å². The van der Waals surface area contributed by atoms with Gasteiger partial charge in [-0.05, 0) is 35.4 Å². The van der Waals surface area contributed by atoms with E-state index in [1.165, 1.54) is 0 Å². The number of aromatic hydroxyl groups is 2. The van der Waals surface area contributed by atoms with Crippen LogP contribution in [0.25, 0.3) is 10.8 Å². The zero-order valence-corrected chi connectivity index (χ0v) is 11.3. The van der Waals surface area contributed by atoms with E-state index in [0.717, 1.165) is 27.5 Å². The number of hydrogen-bond acceptors (Lipinski definition) is 2. The molecule has 0 fully saturated rings. The van der Waals surface area contributed by atoms with E-state index in [1.807, 2.05) is 49.4 Å². The molecule has 0 aliphatic rings. The molecule has 20 heavy (non-hydrogen) atoms. The third-order valence-corrected chi connectivity index (χ3v) is 3.62. The van der Waals surface area contributed by atoms with Crippen LogP contribution < -0.4 is 0 Å².